The first kappa shape index (κ1) is 37.3. The lowest BCUT2D eigenvalue weighted by molar-refractivity contribution is -0.284. The molecule has 4 N–H and O–H groups in total. The van der Waals surface area contributed by atoms with Crippen LogP contribution < -0.4 is 20.9 Å². The van der Waals surface area contributed by atoms with Crippen LogP contribution in [0.4, 0.5) is 33.3 Å². The second-order valence-corrected chi connectivity index (χ2v) is 10.6. The van der Waals surface area contributed by atoms with E-state index in [0.29, 0.717) is 35.3 Å². The van der Waals surface area contributed by atoms with Crippen molar-refractivity contribution in [2.75, 3.05) is 31.3 Å². The summed E-state index contributed by atoms with van der Waals surface area (Å²) in [6.07, 6.45) is -1.87. The summed E-state index contributed by atoms with van der Waals surface area (Å²) in [4.78, 5) is 36.5. The van der Waals surface area contributed by atoms with Crippen molar-refractivity contribution in [1.82, 2.24) is 0 Å². The van der Waals surface area contributed by atoms with Crippen LogP contribution >= 0.6 is 0 Å². The molecule has 0 amide bonds. The highest BCUT2D eigenvalue weighted by atomic mass is 19.4. The zero-order chi connectivity index (χ0) is 35.2. The Bertz CT molecular complexity index is 1520. The van der Waals surface area contributed by atoms with E-state index in [2.05, 4.69) is 0 Å². The highest BCUT2D eigenvalue weighted by molar-refractivity contribution is 5.92. The molecule has 0 aromatic heterocycles. The summed E-state index contributed by atoms with van der Waals surface area (Å²) in [6.45, 7) is 0.112. The van der Waals surface area contributed by atoms with Gasteiger partial charge >= 0.3 is 30.0 Å². The van der Waals surface area contributed by atoms with E-state index in [0.717, 1.165) is 12.8 Å². The number of carbonyl (C=O) groups excluding carboxylic acids is 3. The van der Waals surface area contributed by atoms with Gasteiger partial charge in [-0.05, 0) is 98.3 Å². The van der Waals surface area contributed by atoms with Crippen molar-refractivity contribution in [3.8, 4) is 11.5 Å². The molecule has 0 bridgehead atoms. The summed E-state index contributed by atoms with van der Waals surface area (Å²) in [7, 11) is 0. The lowest BCUT2D eigenvalue weighted by Crippen LogP contribution is -2.36. The Hall–Kier alpha value is -5.14. The average Bonchev–Trinajstić information content (AvgIpc) is 3.03. The zero-order valence-corrected chi connectivity index (χ0v) is 25.8. The van der Waals surface area contributed by atoms with E-state index in [1.165, 1.54) is 54.6 Å². The van der Waals surface area contributed by atoms with Gasteiger partial charge in [-0.15, -0.1) is 0 Å². The largest absolute Gasteiger partial charge is 0.494 e. The van der Waals surface area contributed by atoms with Gasteiger partial charge in [0.25, 0.3) is 0 Å². The lowest BCUT2D eigenvalue weighted by atomic mass is 10.2. The van der Waals surface area contributed by atoms with Crippen molar-refractivity contribution in [2.45, 2.75) is 50.6 Å². The van der Waals surface area contributed by atoms with Gasteiger partial charge in [0.05, 0.1) is 30.9 Å². The maximum Gasteiger partial charge on any atom is 0.453 e. The molecule has 0 aliphatic heterocycles. The Morgan fingerprint density at radius 3 is 1.83 bits per heavy atom. The number of esters is 3. The van der Waals surface area contributed by atoms with Gasteiger partial charge in [0, 0.05) is 23.9 Å². The minimum absolute atomic E-state index is 0.154. The van der Waals surface area contributed by atoms with E-state index in [1.807, 2.05) is 0 Å². The number of nitrogens with two attached hydrogens (primary N) is 2. The second kappa shape index (κ2) is 17.7. The smallest absolute Gasteiger partial charge is 0.453 e. The van der Waals surface area contributed by atoms with E-state index in [-0.39, 0.29) is 36.9 Å². The van der Waals surface area contributed by atoms with E-state index in [4.69, 9.17) is 30.4 Å². The zero-order valence-electron chi connectivity index (χ0n) is 25.8. The van der Waals surface area contributed by atoms with Crippen LogP contribution in [-0.4, -0.2) is 49.8 Å². The quantitative estimate of drug-likeness (QED) is 0.0373. The molecule has 3 rings (SSSR count). The van der Waals surface area contributed by atoms with Crippen molar-refractivity contribution in [3.05, 3.63) is 89.5 Å². The first-order chi connectivity index (χ1) is 22.7. The van der Waals surface area contributed by atoms with Crippen LogP contribution in [0.3, 0.4) is 0 Å². The topological polar surface area (TPSA) is 140 Å². The molecular formula is C34H35F5N2O7. The molecule has 0 unspecified atom stereocenters. The number of anilines is 2. The highest BCUT2D eigenvalue weighted by Gasteiger charge is 2.56. The number of carbonyl (C=O) groups is 3. The van der Waals surface area contributed by atoms with Crippen LogP contribution in [0, 0.1) is 0 Å². The van der Waals surface area contributed by atoms with Crippen LogP contribution in [0.15, 0.2) is 72.8 Å². The van der Waals surface area contributed by atoms with Crippen molar-refractivity contribution in [3.63, 3.8) is 0 Å². The molecule has 3 aromatic rings. The molecule has 0 heterocycles. The maximum atomic E-state index is 13.0. The first-order valence-corrected chi connectivity index (χ1v) is 14.9. The fourth-order valence-electron chi connectivity index (χ4n) is 4.11. The Morgan fingerprint density at radius 1 is 0.646 bits per heavy atom. The molecule has 3 aromatic carbocycles. The molecule has 0 radical (unpaired) electrons. The summed E-state index contributed by atoms with van der Waals surface area (Å²) in [6, 6.07) is 16.3. The Balaban J connectivity index is 1.29. The average molecular weight is 679 g/mol. The monoisotopic (exact) mass is 678 g/mol. The molecule has 0 atom stereocenters. The van der Waals surface area contributed by atoms with E-state index in [1.54, 1.807) is 24.3 Å². The van der Waals surface area contributed by atoms with Gasteiger partial charge in [0.2, 0.25) is 0 Å². The second-order valence-electron chi connectivity index (χ2n) is 10.6. The first-order valence-electron chi connectivity index (χ1n) is 14.9. The third-order valence-electron chi connectivity index (χ3n) is 6.64. The number of halogens is 5. The summed E-state index contributed by atoms with van der Waals surface area (Å²) in [5.74, 6) is -6.07. The predicted octanol–water partition coefficient (Wildman–Crippen LogP) is 7.40. The number of benzene rings is 3. The number of alkyl halides is 5. The fourth-order valence-corrected chi connectivity index (χ4v) is 4.11. The van der Waals surface area contributed by atoms with E-state index >= 15 is 0 Å². The van der Waals surface area contributed by atoms with Crippen LogP contribution in [0.5, 0.6) is 11.5 Å². The molecule has 258 valence electrons. The Kier molecular flexibility index (Phi) is 13.8. The SMILES string of the molecule is Nc1cc(N)cc(C(=O)OCCCCCCOC(=O)C=Cc2ccc(OC(=O)c3ccc(OCCCC(F)(F)C(F)(F)F)cc3)cc2)c1. The molecular weight excluding hydrogens is 643 g/mol. The van der Waals surface area contributed by atoms with Crippen molar-refractivity contribution >= 4 is 35.4 Å². The number of hydrogen-bond donors (Lipinski definition) is 2. The number of hydrogen-bond acceptors (Lipinski definition) is 9. The number of unbranched alkanes of at least 4 members (excludes halogenated alkanes) is 3. The highest BCUT2D eigenvalue weighted by Crippen LogP contribution is 2.38. The number of nitrogen functional groups attached to an aromatic ring is 2. The van der Waals surface area contributed by atoms with Crippen LogP contribution in [0.25, 0.3) is 6.08 Å². The van der Waals surface area contributed by atoms with Gasteiger partial charge in [-0.3, -0.25) is 0 Å². The Labute approximate surface area is 273 Å². The van der Waals surface area contributed by atoms with Crippen LogP contribution in [-0.2, 0) is 14.3 Å². The predicted molar refractivity (Wildman–Crippen MR) is 168 cm³/mol. The molecule has 9 nitrogen and oxygen atoms in total. The minimum Gasteiger partial charge on any atom is -0.494 e. The van der Waals surface area contributed by atoms with E-state index < -0.39 is 42.8 Å². The van der Waals surface area contributed by atoms with Gasteiger partial charge in [-0.2, -0.15) is 22.0 Å². The van der Waals surface area contributed by atoms with Crippen molar-refractivity contribution in [2.24, 2.45) is 0 Å². The van der Waals surface area contributed by atoms with Gasteiger partial charge in [-0.1, -0.05) is 12.1 Å². The van der Waals surface area contributed by atoms with Crippen LogP contribution in [0.2, 0.25) is 0 Å². The Morgan fingerprint density at radius 2 is 1.23 bits per heavy atom. The summed E-state index contributed by atoms with van der Waals surface area (Å²) < 4.78 is 83.5. The standard InChI is InChI=1S/C34H35F5N2O7/c35-33(36,34(37,38)39)16-5-19-45-28-13-9-24(10-14-28)32(44)48-29-11-6-23(7-12-29)8-15-30(42)46-17-3-1-2-4-18-47-31(43)25-20-26(40)22-27(41)21-25/h6-15,20-22H,1-5,16-19,40-41H2. The third kappa shape index (κ3) is 12.6. The van der Waals surface area contributed by atoms with Gasteiger partial charge in [0.1, 0.15) is 11.5 Å². The third-order valence-corrected chi connectivity index (χ3v) is 6.64. The summed E-state index contributed by atoms with van der Waals surface area (Å²) in [5.41, 5.74) is 13.2. The fraction of sp³-hybridized carbons (Fsp3) is 0.324. The number of ether oxygens (including phenoxy) is 4. The molecule has 0 saturated heterocycles. The maximum absolute atomic E-state index is 13.0. The molecule has 0 aliphatic rings. The number of rotatable bonds is 17. The summed E-state index contributed by atoms with van der Waals surface area (Å²) in [5, 5.41) is 0. The molecule has 0 saturated carbocycles. The normalized spacial score (nSPS) is 11.7. The lowest BCUT2D eigenvalue weighted by Gasteiger charge is -2.19. The molecule has 0 spiro atoms. The molecule has 0 aliphatic carbocycles. The molecule has 48 heavy (non-hydrogen) atoms. The van der Waals surface area contributed by atoms with Crippen molar-refractivity contribution in [1.29, 1.82) is 0 Å². The van der Waals surface area contributed by atoms with Gasteiger partial charge in [-0.25, -0.2) is 14.4 Å². The minimum atomic E-state index is -5.61. The van der Waals surface area contributed by atoms with Gasteiger partial charge in [0.15, 0.2) is 0 Å². The molecule has 14 heteroatoms. The van der Waals surface area contributed by atoms with Crippen molar-refractivity contribution < 1.29 is 55.3 Å². The summed E-state index contributed by atoms with van der Waals surface area (Å²) >= 11 is 0. The van der Waals surface area contributed by atoms with E-state index in [9.17, 15) is 36.3 Å². The van der Waals surface area contributed by atoms with Gasteiger partial charge < -0.3 is 30.4 Å². The molecule has 0 fully saturated rings. The van der Waals surface area contributed by atoms with Crippen LogP contribution in [0.1, 0.15) is 64.8 Å².